The number of aryl methyl sites for hydroxylation is 1. The Balaban J connectivity index is 1.65. The van der Waals surface area contributed by atoms with Crippen molar-refractivity contribution in [3.63, 3.8) is 0 Å². The van der Waals surface area contributed by atoms with Crippen LogP contribution in [0.3, 0.4) is 0 Å². The Kier molecular flexibility index (Phi) is 3.43. The summed E-state index contributed by atoms with van der Waals surface area (Å²) in [7, 11) is 0. The Morgan fingerprint density at radius 2 is 2.14 bits per heavy atom. The average molecular weight is 346 g/mol. The van der Waals surface area contributed by atoms with Gasteiger partial charge < -0.3 is 9.73 Å². The van der Waals surface area contributed by atoms with Crippen LogP contribution < -0.4 is 5.32 Å². The molecule has 4 unspecified atom stereocenters. The van der Waals surface area contributed by atoms with E-state index in [9.17, 15) is 0 Å². The molecule has 0 spiro atoms. The second kappa shape index (κ2) is 5.29. The maximum atomic E-state index is 5.85. The van der Waals surface area contributed by atoms with Gasteiger partial charge in [0, 0.05) is 0 Å². The van der Waals surface area contributed by atoms with Crippen molar-refractivity contribution in [3.8, 4) is 0 Å². The summed E-state index contributed by atoms with van der Waals surface area (Å²) in [6, 6.07) is 13.4. The van der Waals surface area contributed by atoms with Gasteiger partial charge in [0.1, 0.15) is 5.76 Å². The van der Waals surface area contributed by atoms with E-state index in [1.165, 1.54) is 12.8 Å². The minimum absolute atomic E-state index is 0.336. The molecule has 4 rings (SSSR count). The summed E-state index contributed by atoms with van der Waals surface area (Å²) in [4.78, 5) is 0. The monoisotopic (exact) mass is 345 g/mol. The third-order valence-corrected chi connectivity index (χ3v) is 5.53. The number of furan rings is 1. The minimum atomic E-state index is 0.336. The molecular weight excluding hydrogens is 326 g/mol. The molecule has 4 atom stereocenters. The second-order valence-electron chi connectivity index (χ2n) is 6.18. The first-order chi connectivity index (χ1) is 10.3. The largest absolute Gasteiger partial charge is 0.453 e. The van der Waals surface area contributed by atoms with E-state index >= 15 is 0 Å². The van der Waals surface area contributed by atoms with Gasteiger partial charge in [0.15, 0.2) is 4.67 Å². The van der Waals surface area contributed by atoms with Gasteiger partial charge in [-0.15, -0.1) is 0 Å². The first-order valence-corrected chi connectivity index (χ1v) is 8.65. The number of benzene rings is 1. The molecule has 2 aromatic rings. The van der Waals surface area contributed by atoms with E-state index in [1.54, 1.807) is 11.1 Å². The number of halogens is 1. The van der Waals surface area contributed by atoms with Crippen molar-refractivity contribution in [2.45, 2.75) is 31.7 Å². The fourth-order valence-electron chi connectivity index (χ4n) is 4.22. The highest BCUT2D eigenvalue weighted by Crippen LogP contribution is 2.64. The molecule has 1 saturated carbocycles. The molecule has 0 bridgehead atoms. The summed E-state index contributed by atoms with van der Waals surface area (Å²) in [6.07, 6.45) is 2.55. The summed E-state index contributed by atoms with van der Waals surface area (Å²) in [6.45, 7) is 3.14. The minimum Gasteiger partial charge on any atom is -0.453 e. The smallest absolute Gasteiger partial charge is 0.169 e. The van der Waals surface area contributed by atoms with Gasteiger partial charge in [-0.05, 0) is 76.3 Å². The standard InChI is InChI=1S/C18H20BrNO/c1-2-20-18(14-9-10-15(19)21-14)17-13-8-7-11-5-3-4-6-12(11)16(13)17/h3-6,9-10,13,16-18,20H,2,7-8H2,1H3. The van der Waals surface area contributed by atoms with Crippen LogP contribution >= 0.6 is 15.9 Å². The molecule has 1 N–H and O–H groups in total. The molecule has 1 aromatic heterocycles. The third kappa shape index (κ3) is 2.27. The maximum absolute atomic E-state index is 5.85. The summed E-state index contributed by atoms with van der Waals surface area (Å²) < 4.78 is 6.67. The summed E-state index contributed by atoms with van der Waals surface area (Å²) in [5, 5.41) is 3.65. The average Bonchev–Trinajstić information content (AvgIpc) is 3.09. The molecule has 1 aromatic carbocycles. The Hall–Kier alpha value is -1.06. The molecule has 0 saturated heterocycles. The molecular formula is C18H20BrNO. The van der Waals surface area contributed by atoms with Gasteiger partial charge in [0.2, 0.25) is 0 Å². The van der Waals surface area contributed by atoms with E-state index in [1.807, 2.05) is 6.07 Å². The van der Waals surface area contributed by atoms with Crippen molar-refractivity contribution >= 4 is 15.9 Å². The maximum Gasteiger partial charge on any atom is 0.169 e. The Labute approximate surface area is 134 Å². The van der Waals surface area contributed by atoms with Crippen molar-refractivity contribution in [2.75, 3.05) is 6.54 Å². The predicted octanol–water partition coefficient (Wildman–Crippen LogP) is 4.67. The van der Waals surface area contributed by atoms with E-state index in [4.69, 9.17) is 4.42 Å². The summed E-state index contributed by atoms with van der Waals surface area (Å²) in [5.74, 6) is 3.27. The zero-order valence-corrected chi connectivity index (χ0v) is 13.8. The first-order valence-electron chi connectivity index (χ1n) is 7.86. The van der Waals surface area contributed by atoms with Crippen molar-refractivity contribution in [1.29, 1.82) is 0 Å². The lowest BCUT2D eigenvalue weighted by Crippen LogP contribution is -2.23. The van der Waals surface area contributed by atoms with Gasteiger partial charge >= 0.3 is 0 Å². The van der Waals surface area contributed by atoms with Crippen LogP contribution in [0.15, 0.2) is 45.5 Å². The molecule has 0 radical (unpaired) electrons. The zero-order valence-electron chi connectivity index (χ0n) is 12.2. The molecule has 2 aliphatic rings. The zero-order chi connectivity index (χ0) is 14.4. The molecule has 2 nitrogen and oxygen atoms in total. The normalized spacial score (nSPS) is 27.8. The summed E-state index contributed by atoms with van der Waals surface area (Å²) >= 11 is 3.43. The molecule has 1 heterocycles. The molecule has 0 aliphatic heterocycles. The van der Waals surface area contributed by atoms with Crippen LogP contribution in [0.1, 0.15) is 42.2 Å². The Morgan fingerprint density at radius 1 is 1.29 bits per heavy atom. The van der Waals surface area contributed by atoms with E-state index in [-0.39, 0.29) is 0 Å². The number of hydrogen-bond donors (Lipinski definition) is 1. The number of nitrogens with one attached hydrogen (secondary N) is 1. The van der Waals surface area contributed by atoms with E-state index in [0.29, 0.717) is 17.9 Å². The fraction of sp³-hybridized carbons (Fsp3) is 0.444. The Morgan fingerprint density at radius 3 is 2.90 bits per heavy atom. The molecule has 2 aliphatic carbocycles. The van der Waals surface area contributed by atoms with Crippen LogP contribution in [0.5, 0.6) is 0 Å². The highest BCUT2D eigenvalue weighted by atomic mass is 79.9. The molecule has 110 valence electrons. The SMILES string of the molecule is CCNC(c1ccc(Br)o1)C1C2CCc3ccccc3C21. The van der Waals surface area contributed by atoms with Crippen LogP contribution in [0.25, 0.3) is 0 Å². The molecule has 3 heteroatoms. The van der Waals surface area contributed by atoms with E-state index in [2.05, 4.69) is 58.5 Å². The third-order valence-electron chi connectivity index (χ3n) is 5.10. The first kappa shape index (κ1) is 13.6. The van der Waals surface area contributed by atoms with Crippen LogP contribution in [0.2, 0.25) is 0 Å². The fourth-order valence-corrected chi connectivity index (χ4v) is 4.53. The summed E-state index contributed by atoms with van der Waals surface area (Å²) in [5.41, 5.74) is 3.13. The highest BCUT2D eigenvalue weighted by molar-refractivity contribution is 9.10. The van der Waals surface area contributed by atoms with Crippen LogP contribution in [-0.2, 0) is 6.42 Å². The quantitative estimate of drug-likeness (QED) is 0.870. The van der Waals surface area contributed by atoms with Crippen LogP contribution in [0.4, 0.5) is 0 Å². The van der Waals surface area contributed by atoms with Gasteiger partial charge in [0.25, 0.3) is 0 Å². The second-order valence-corrected chi connectivity index (χ2v) is 6.96. The van der Waals surface area contributed by atoms with Crippen molar-refractivity contribution in [2.24, 2.45) is 11.8 Å². The number of rotatable bonds is 4. The lowest BCUT2D eigenvalue weighted by molar-refractivity contribution is 0.365. The lowest BCUT2D eigenvalue weighted by atomic mass is 9.92. The van der Waals surface area contributed by atoms with Crippen LogP contribution in [-0.4, -0.2) is 6.54 Å². The number of fused-ring (bicyclic) bond motifs is 3. The van der Waals surface area contributed by atoms with E-state index < -0.39 is 0 Å². The van der Waals surface area contributed by atoms with Gasteiger partial charge in [-0.2, -0.15) is 0 Å². The van der Waals surface area contributed by atoms with E-state index in [0.717, 1.165) is 22.9 Å². The highest BCUT2D eigenvalue weighted by Gasteiger charge is 2.57. The van der Waals surface area contributed by atoms with Gasteiger partial charge in [0.05, 0.1) is 6.04 Å². The van der Waals surface area contributed by atoms with Crippen molar-refractivity contribution in [3.05, 3.63) is 58.0 Å². The van der Waals surface area contributed by atoms with Gasteiger partial charge in [-0.1, -0.05) is 31.2 Å². The topological polar surface area (TPSA) is 25.2 Å². The Bertz CT molecular complexity index is 650. The van der Waals surface area contributed by atoms with Gasteiger partial charge in [-0.3, -0.25) is 0 Å². The molecule has 0 amide bonds. The van der Waals surface area contributed by atoms with Gasteiger partial charge in [-0.25, -0.2) is 0 Å². The number of hydrogen-bond acceptors (Lipinski definition) is 2. The predicted molar refractivity (Wildman–Crippen MR) is 87.3 cm³/mol. The molecule has 21 heavy (non-hydrogen) atoms. The van der Waals surface area contributed by atoms with Crippen molar-refractivity contribution in [1.82, 2.24) is 5.32 Å². The van der Waals surface area contributed by atoms with Crippen molar-refractivity contribution < 1.29 is 4.42 Å². The van der Waals surface area contributed by atoms with Crippen LogP contribution in [0, 0.1) is 11.8 Å². The molecule has 1 fully saturated rings. The lowest BCUT2D eigenvalue weighted by Gasteiger charge is -2.16.